The Balaban J connectivity index is 1.78. The number of likely N-dealkylation sites (tertiary alicyclic amines) is 1. The Morgan fingerprint density at radius 1 is 1.39 bits per heavy atom. The average molecular weight is 383 g/mol. The third kappa shape index (κ3) is 6.15. The van der Waals surface area contributed by atoms with E-state index in [1.807, 2.05) is 20.8 Å². The lowest BCUT2D eigenvalue weighted by atomic mass is 10.1. The van der Waals surface area contributed by atoms with Crippen molar-refractivity contribution < 1.29 is 9.53 Å². The number of rotatable bonds is 4. The van der Waals surface area contributed by atoms with Crippen molar-refractivity contribution in [2.24, 2.45) is 0 Å². The molecule has 23 heavy (non-hydrogen) atoms. The Hall–Kier alpha value is -1.07. The number of hydrogen-bond donors (Lipinski definition) is 1. The second-order valence-electron chi connectivity index (χ2n) is 7.31. The van der Waals surface area contributed by atoms with Gasteiger partial charge in [-0.15, -0.1) is 0 Å². The fourth-order valence-corrected chi connectivity index (χ4v) is 3.09. The maximum Gasteiger partial charge on any atom is 0.410 e. The molecule has 2 rings (SSSR count). The third-order valence-electron chi connectivity index (χ3n) is 3.82. The van der Waals surface area contributed by atoms with Crippen LogP contribution in [-0.4, -0.2) is 41.8 Å². The van der Waals surface area contributed by atoms with Gasteiger partial charge < -0.3 is 15.0 Å². The topological polar surface area (TPSA) is 41.6 Å². The number of ether oxygens (including phenoxy) is 1. The summed E-state index contributed by atoms with van der Waals surface area (Å²) in [7, 11) is 0. The summed E-state index contributed by atoms with van der Waals surface area (Å²) in [5.74, 6) is 0. The van der Waals surface area contributed by atoms with Crippen LogP contribution in [0.5, 0.6) is 0 Å². The molecule has 1 aliphatic rings. The van der Waals surface area contributed by atoms with Gasteiger partial charge in [0.2, 0.25) is 0 Å². The summed E-state index contributed by atoms with van der Waals surface area (Å²) < 4.78 is 6.54. The summed E-state index contributed by atoms with van der Waals surface area (Å²) in [4.78, 5) is 13.9. The first-order chi connectivity index (χ1) is 10.7. The van der Waals surface area contributed by atoms with Gasteiger partial charge in [-0.25, -0.2) is 4.79 Å². The fraction of sp³-hybridized carbons (Fsp3) is 0.611. The lowest BCUT2D eigenvalue weighted by molar-refractivity contribution is 0.0290. The first-order valence-electron chi connectivity index (χ1n) is 8.21. The van der Waals surface area contributed by atoms with Crippen LogP contribution in [0, 0.1) is 0 Å². The number of carbonyl (C=O) groups is 1. The molecule has 0 spiro atoms. The molecule has 0 radical (unpaired) electrons. The smallest absolute Gasteiger partial charge is 0.410 e. The number of hydrogen-bond acceptors (Lipinski definition) is 3. The van der Waals surface area contributed by atoms with Gasteiger partial charge in [0.1, 0.15) is 5.60 Å². The molecule has 128 valence electrons. The number of carbonyl (C=O) groups excluding carboxylic acids is 1. The summed E-state index contributed by atoms with van der Waals surface area (Å²) in [6.45, 7) is 9.38. The van der Waals surface area contributed by atoms with Gasteiger partial charge in [-0.3, -0.25) is 0 Å². The van der Waals surface area contributed by atoms with E-state index in [0.29, 0.717) is 12.1 Å². The van der Waals surface area contributed by atoms with E-state index in [0.717, 1.165) is 30.4 Å². The van der Waals surface area contributed by atoms with E-state index >= 15 is 0 Å². The molecule has 1 heterocycles. The van der Waals surface area contributed by atoms with E-state index in [1.54, 1.807) is 4.90 Å². The molecule has 1 aromatic carbocycles. The summed E-state index contributed by atoms with van der Waals surface area (Å²) >= 11 is 3.46. The molecule has 0 aromatic heterocycles. The van der Waals surface area contributed by atoms with Crippen LogP contribution in [0.4, 0.5) is 4.79 Å². The van der Waals surface area contributed by atoms with Crippen LogP contribution in [0.3, 0.4) is 0 Å². The minimum Gasteiger partial charge on any atom is -0.444 e. The molecule has 1 fully saturated rings. The molecule has 0 aliphatic carbocycles. The lowest BCUT2D eigenvalue weighted by Crippen LogP contribution is -2.41. The Morgan fingerprint density at radius 3 is 2.65 bits per heavy atom. The van der Waals surface area contributed by atoms with Crippen LogP contribution < -0.4 is 5.32 Å². The van der Waals surface area contributed by atoms with Gasteiger partial charge in [-0.05, 0) is 58.2 Å². The van der Waals surface area contributed by atoms with Crippen molar-refractivity contribution in [2.75, 3.05) is 13.1 Å². The summed E-state index contributed by atoms with van der Waals surface area (Å²) in [5.41, 5.74) is 0.882. The monoisotopic (exact) mass is 382 g/mol. The van der Waals surface area contributed by atoms with Crippen LogP contribution in [0.1, 0.15) is 39.7 Å². The highest BCUT2D eigenvalue weighted by atomic mass is 79.9. The van der Waals surface area contributed by atoms with Crippen molar-refractivity contribution in [2.45, 2.75) is 58.2 Å². The lowest BCUT2D eigenvalue weighted by Gasteiger charge is -2.25. The van der Waals surface area contributed by atoms with Crippen LogP contribution in [0.25, 0.3) is 0 Å². The first kappa shape index (κ1) is 18.3. The summed E-state index contributed by atoms with van der Waals surface area (Å²) in [5, 5.41) is 3.63. The molecule has 5 heteroatoms. The van der Waals surface area contributed by atoms with Crippen LogP contribution >= 0.6 is 15.9 Å². The highest BCUT2D eigenvalue weighted by Gasteiger charge is 2.30. The van der Waals surface area contributed by atoms with Crippen LogP contribution in [0.2, 0.25) is 0 Å². The van der Waals surface area contributed by atoms with Gasteiger partial charge in [0.15, 0.2) is 0 Å². The Morgan fingerprint density at radius 2 is 2.04 bits per heavy atom. The minimum absolute atomic E-state index is 0.206. The van der Waals surface area contributed by atoms with E-state index in [2.05, 4.69) is 52.4 Å². The van der Waals surface area contributed by atoms with Crippen LogP contribution in [0.15, 0.2) is 28.7 Å². The van der Waals surface area contributed by atoms with Crippen molar-refractivity contribution in [3.63, 3.8) is 0 Å². The Bertz CT molecular complexity index is 525. The number of amides is 1. The molecule has 2 atom stereocenters. The zero-order valence-corrected chi connectivity index (χ0v) is 16.0. The van der Waals surface area contributed by atoms with Crippen LogP contribution in [-0.2, 0) is 11.2 Å². The molecular formula is C18H27BrN2O2. The highest BCUT2D eigenvalue weighted by molar-refractivity contribution is 9.10. The van der Waals surface area contributed by atoms with Crippen molar-refractivity contribution >= 4 is 22.0 Å². The quantitative estimate of drug-likeness (QED) is 0.855. The predicted octanol–water partition coefficient (Wildman–Crippen LogP) is 3.98. The molecule has 1 aromatic rings. The third-order valence-corrected chi connectivity index (χ3v) is 4.34. The first-order valence-corrected chi connectivity index (χ1v) is 9.00. The molecular weight excluding hydrogens is 356 g/mol. The largest absolute Gasteiger partial charge is 0.444 e. The van der Waals surface area contributed by atoms with Crippen molar-refractivity contribution in [3.8, 4) is 0 Å². The number of nitrogens with zero attached hydrogens (tertiary/aromatic N) is 1. The van der Waals surface area contributed by atoms with Gasteiger partial charge >= 0.3 is 6.09 Å². The second kappa shape index (κ2) is 7.67. The number of nitrogens with one attached hydrogen (secondary N) is 1. The van der Waals surface area contributed by atoms with Gasteiger partial charge in [-0.1, -0.05) is 28.1 Å². The van der Waals surface area contributed by atoms with Gasteiger partial charge in [0, 0.05) is 29.6 Å². The maximum absolute atomic E-state index is 12.1. The molecule has 1 saturated heterocycles. The number of halogens is 1. The Labute approximate surface area is 147 Å². The average Bonchev–Trinajstić information content (AvgIpc) is 2.88. The maximum atomic E-state index is 12.1. The zero-order chi connectivity index (χ0) is 17.0. The van der Waals surface area contributed by atoms with Crippen molar-refractivity contribution in [1.82, 2.24) is 10.2 Å². The van der Waals surface area contributed by atoms with Gasteiger partial charge in [0.05, 0.1) is 0 Å². The SMILES string of the molecule is CC(Cc1ccc(Br)cc1)NC1CCN(C(=O)OC(C)(C)C)C1. The molecule has 2 unspecified atom stereocenters. The predicted molar refractivity (Wildman–Crippen MR) is 96.7 cm³/mol. The number of benzene rings is 1. The fourth-order valence-electron chi connectivity index (χ4n) is 2.82. The molecule has 0 saturated carbocycles. The van der Waals surface area contributed by atoms with Crippen molar-refractivity contribution in [3.05, 3.63) is 34.3 Å². The normalized spacial score (nSPS) is 19.7. The summed E-state index contributed by atoms with van der Waals surface area (Å²) in [6, 6.07) is 9.14. The van der Waals surface area contributed by atoms with E-state index in [-0.39, 0.29) is 6.09 Å². The standard InChI is InChI=1S/C18H27BrN2O2/c1-13(11-14-5-7-15(19)8-6-14)20-16-9-10-21(12-16)17(22)23-18(2,3)4/h5-8,13,16,20H,9-12H2,1-4H3. The van der Waals surface area contributed by atoms with E-state index in [9.17, 15) is 4.79 Å². The second-order valence-corrected chi connectivity index (χ2v) is 8.23. The summed E-state index contributed by atoms with van der Waals surface area (Å²) in [6.07, 6.45) is 1.75. The van der Waals surface area contributed by atoms with E-state index < -0.39 is 5.60 Å². The minimum atomic E-state index is -0.433. The van der Waals surface area contributed by atoms with Gasteiger partial charge in [-0.2, -0.15) is 0 Å². The molecule has 1 amide bonds. The molecule has 4 nitrogen and oxygen atoms in total. The molecule has 0 bridgehead atoms. The van der Waals surface area contributed by atoms with Crippen molar-refractivity contribution in [1.29, 1.82) is 0 Å². The Kier molecular flexibility index (Phi) is 6.09. The van der Waals surface area contributed by atoms with Gasteiger partial charge in [0.25, 0.3) is 0 Å². The van der Waals surface area contributed by atoms with E-state index in [4.69, 9.17) is 4.74 Å². The highest BCUT2D eigenvalue weighted by Crippen LogP contribution is 2.17. The molecule has 1 N–H and O–H groups in total. The van der Waals surface area contributed by atoms with E-state index in [1.165, 1.54) is 5.56 Å². The molecule has 1 aliphatic heterocycles. The zero-order valence-electron chi connectivity index (χ0n) is 14.4.